The van der Waals surface area contributed by atoms with Gasteiger partial charge < -0.3 is 9.47 Å². The number of aromatic nitrogens is 1. The van der Waals surface area contributed by atoms with E-state index in [0.29, 0.717) is 13.2 Å². The molecular formula is C17H14ClNO2S. The van der Waals surface area contributed by atoms with Gasteiger partial charge in [0.25, 0.3) is 0 Å². The van der Waals surface area contributed by atoms with Crippen molar-refractivity contribution in [2.75, 3.05) is 13.2 Å². The summed E-state index contributed by atoms with van der Waals surface area (Å²) in [5.41, 5.74) is 2.13. The fraction of sp³-hybridized carbons (Fsp3) is 0.118. The van der Waals surface area contributed by atoms with Gasteiger partial charge in [-0.1, -0.05) is 24.3 Å². The van der Waals surface area contributed by atoms with Crippen LogP contribution in [0.25, 0.3) is 22.4 Å². The molecule has 0 saturated carbocycles. The number of benzene rings is 2. The van der Waals surface area contributed by atoms with Gasteiger partial charge >= 0.3 is 0 Å². The largest absolute Gasteiger partial charge is 0.486 e. The van der Waals surface area contributed by atoms with Crippen LogP contribution in [0.3, 0.4) is 0 Å². The van der Waals surface area contributed by atoms with Crippen molar-refractivity contribution in [3.63, 3.8) is 0 Å². The van der Waals surface area contributed by atoms with Gasteiger partial charge in [-0.25, -0.2) is 4.98 Å². The lowest BCUT2D eigenvalue weighted by molar-refractivity contribution is 0.171. The minimum absolute atomic E-state index is 0. The summed E-state index contributed by atoms with van der Waals surface area (Å²) in [7, 11) is 0. The standard InChI is InChI=1S/C17H13NO2S.ClH/c1-2-4-16-13(3-1)18-17(21-16)8-6-12-5-7-14-15(11-12)20-10-9-19-14;/h1-8,11H,9-10H2;1H. The molecule has 22 heavy (non-hydrogen) atoms. The molecule has 5 heteroatoms. The van der Waals surface area contributed by atoms with E-state index in [-0.39, 0.29) is 12.4 Å². The van der Waals surface area contributed by atoms with Crippen molar-refractivity contribution in [2.24, 2.45) is 0 Å². The molecule has 2 aromatic carbocycles. The number of ether oxygens (including phenoxy) is 2. The Kier molecular flexibility index (Phi) is 4.32. The van der Waals surface area contributed by atoms with E-state index in [1.165, 1.54) is 4.70 Å². The van der Waals surface area contributed by atoms with Gasteiger partial charge in [0.05, 0.1) is 10.2 Å². The van der Waals surface area contributed by atoms with Crippen LogP contribution in [0.5, 0.6) is 11.5 Å². The van der Waals surface area contributed by atoms with Crippen LogP contribution in [0.2, 0.25) is 0 Å². The van der Waals surface area contributed by atoms with Crippen LogP contribution < -0.4 is 9.47 Å². The molecule has 0 bridgehead atoms. The lowest BCUT2D eigenvalue weighted by Gasteiger charge is -2.18. The fourth-order valence-corrected chi connectivity index (χ4v) is 3.16. The third kappa shape index (κ3) is 2.93. The lowest BCUT2D eigenvalue weighted by atomic mass is 10.2. The number of thiazole rings is 1. The Hall–Kier alpha value is -2.04. The summed E-state index contributed by atoms with van der Waals surface area (Å²) < 4.78 is 12.3. The number of nitrogens with zero attached hydrogens (tertiary/aromatic N) is 1. The van der Waals surface area contributed by atoms with Gasteiger partial charge in [0.15, 0.2) is 11.5 Å². The number of hydrogen-bond donors (Lipinski definition) is 0. The first kappa shape index (κ1) is 14.9. The Balaban J connectivity index is 0.00000144. The second-order valence-electron chi connectivity index (χ2n) is 4.76. The summed E-state index contributed by atoms with van der Waals surface area (Å²) >= 11 is 1.69. The predicted octanol–water partition coefficient (Wildman–Crippen LogP) is 4.66. The van der Waals surface area contributed by atoms with Gasteiger partial charge in [-0.3, -0.25) is 0 Å². The van der Waals surface area contributed by atoms with E-state index < -0.39 is 0 Å². The summed E-state index contributed by atoms with van der Waals surface area (Å²) in [5, 5.41) is 1.01. The molecule has 0 amide bonds. The number of para-hydroxylation sites is 1. The Morgan fingerprint density at radius 3 is 2.64 bits per heavy atom. The fourth-order valence-electron chi connectivity index (χ4n) is 2.29. The molecule has 2 heterocycles. The molecule has 0 saturated heterocycles. The van der Waals surface area contributed by atoms with Crippen LogP contribution in [-0.4, -0.2) is 18.2 Å². The first-order valence-electron chi connectivity index (χ1n) is 6.82. The van der Waals surface area contributed by atoms with Crippen molar-refractivity contribution in [2.45, 2.75) is 0 Å². The van der Waals surface area contributed by atoms with E-state index in [0.717, 1.165) is 27.6 Å². The topological polar surface area (TPSA) is 31.4 Å². The summed E-state index contributed by atoms with van der Waals surface area (Å²) in [4.78, 5) is 4.59. The highest BCUT2D eigenvalue weighted by molar-refractivity contribution is 7.19. The summed E-state index contributed by atoms with van der Waals surface area (Å²) in [6, 6.07) is 14.1. The van der Waals surface area contributed by atoms with E-state index >= 15 is 0 Å². The first-order chi connectivity index (χ1) is 10.4. The molecule has 0 unspecified atom stereocenters. The Labute approximate surface area is 138 Å². The maximum absolute atomic E-state index is 5.59. The van der Waals surface area contributed by atoms with E-state index in [1.54, 1.807) is 11.3 Å². The lowest BCUT2D eigenvalue weighted by Crippen LogP contribution is -2.15. The average molecular weight is 332 g/mol. The van der Waals surface area contributed by atoms with Crippen molar-refractivity contribution in [1.29, 1.82) is 0 Å². The highest BCUT2D eigenvalue weighted by atomic mass is 35.5. The van der Waals surface area contributed by atoms with Gasteiger partial charge in [0.2, 0.25) is 0 Å². The van der Waals surface area contributed by atoms with E-state index in [4.69, 9.17) is 9.47 Å². The second kappa shape index (κ2) is 6.38. The van der Waals surface area contributed by atoms with Gasteiger partial charge in [-0.05, 0) is 35.9 Å². The third-order valence-electron chi connectivity index (χ3n) is 3.30. The van der Waals surface area contributed by atoms with Crippen molar-refractivity contribution < 1.29 is 9.47 Å². The first-order valence-corrected chi connectivity index (χ1v) is 7.63. The van der Waals surface area contributed by atoms with Crippen LogP contribution >= 0.6 is 23.7 Å². The maximum Gasteiger partial charge on any atom is 0.161 e. The molecule has 3 nitrogen and oxygen atoms in total. The highest BCUT2D eigenvalue weighted by Gasteiger charge is 2.10. The minimum atomic E-state index is 0. The normalized spacial score (nSPS) is 13.3. The Morgan fingerprint density at radius 2 is 1.77 bits per heavy atom. The molecule has 0 spiro atoms. The van der Waals surface area contributed by atoms with Crippen LogP contribution in [0.15, 0.2) is 42.5 Å². The molecular weight excluding hydrogens is 318 g/mol. The number of halogens is 1. The highest BCUT2D eigenvalue weighted by Crippen LogP contribution is 2.31. The molecule has 1 aromatic heterocycles. The third-order valence-corrected chi connectivity index (χ3v) is 4.30. The van der Waals surface area contributed by atoms with Crippen LogP contribution in [0.1, 0.15) is 10.6 Å². The molecule has 4 rings (SSSR count). The zero-order valence-electron chi connectivity index (χ0n) is 11.7. The summed E-state index contributed by atoms with van der Waals surface area (Å²) in [5.74, 6) is 1.63. The van der Waals surface area contributed by atoms with E-state index in [9.17, 15) is 0 Å². The van der Waals surface area contributed by atoms with Crippen molar-refractivity contribution in [1.82, 2.24) is 4.98 Å². The average Bonchev–Trinajstić information content (AvgIpc) is 2.95. The van der Waals surface area contributed by atoms with Crippen LogP contribution in [0, 0.1) is 0 Å². The quantitative estimate of drug-likeness (QED) is 0.684. The van der Waals surface area contributed by atoms with Gasteiger partial charge in [-0.2, -0.15) is 0 Å². The zero-order chi connectivity index (χ0) is 14.1. The smallest absolute Gasteiger partial charge is 0.161 e. The van der Waals surface area contributed by atoms with E-state index in [1.807, 2.05) is 42.5 Å². The SMILES string of the molecule is C(=Cc1nc2ccccc2s1)c1ccc2c(c1)OCCO2.Cl. The molecule has 0 N–H and O–H groups in total. The van der Waals surface area contributed by atoms with Crippen molar-refractivity contribution in [3.05, 3.63) is 53.0 Å². The van der Waals surface area contributed by atoms with Crippen LogP contribution in [-0.2, 0) is 0 Å². The molecule has 1 aliphatic heterocycles. The Bertz CT molecular complexity index is 795. The molecule has 1 aliphatic rings. The van der Waals surface area contributed by atoms with Crippen LogP contribution in [0.4, 0.5) is 0 Å². The molecule has 0 radical (unpaired) electrons. The minimum Gasteiger partial charge on any atom is -0.486 e. The molecule has 112 valence electrons. The molecule has 3 aromatic rings. The number of hydrogen-bond acceptors (Lipinski definition) is 4. The number of fused-ring (bicyclic) bond motifs is 2. The summed E-state index contributed by atoms with van der Waals surface area (Å²) in [6.07, 6.45) is 4.09. The Morgan fingerprint density at radius 1 is 0.955 bits per heavy atom. The van der Waals surface area contributed by atoms with Crippen molar-refractivity contribution >= 4 is 46.1 Å². The second-order valence-corrected chi connectivity index (χ2v) is 5.82. The molecule has 0 aliphatic carbocycles. The predicted molar refractivity (Wildman–Crippen MR) is 93.2 cm³/mol. The molecule has 0 fully saturated rings. The van der Waals surface area contributed by atoms with Gasteiger partial charge in [0, 0.05) is 0 Å². The maximum atomic E-state index is 5.59. The monoisotopic (exact) mass is 331 g/mol. The van der Waals surface area contributed by atoms with Gasteiger partial charge in [0.1, 0.15) is 18.2 Å². The van der Waals surface area contributed by atoms with Gasteiger partial charge in [-0.15, -0.1) is 23.7 Å². The zero-order valence-corrected chi connectivity index (χ0v) is 13.3. The number of rotatable bonds is 2. The molecule has 0 atom stereocenters. The van der Waals surface area contributed by atoms with E-state index in [2.05, 4.69) is 17.1 Å². The van der Waals surface area contributed by atoms with Crippen molar-refractivity contribution in [3.8, 4) is 11.5 Å². The summed E-state index contributed by atoms with van der Waals surface area (Å²) in [6.45, 7) is 1.23.